The molecule has 2 heterocycles. The van der Waals surface area contributed by atoms with Gasteiger partial charge in [0.25, 0.3) is 11.8 Å². The number of piperidine rings is 1. The SMILES string of the molecule is CNC(=O)c1ccc(CN(C)C(=O)C2CCCCN2C(=O)c2cccs2)cc1. The van der Waals surface area contributed by atoms with Gasteiger partial charge in [-0.2, -0.15) is 0 Å². The number of thiophene rings is 1. The van der Waals surface area contributed by atoms with Crippen LogP contribution in [0.5, 0.6) is 0 Å². The third-order valence-corrected chi connectivity index (χ3v) is 5.88. The Morgan fingerprint density at radius 2 is 1.93 bits per heavy atom. The van der Waals surface area contributed by atoms with Crippen molar-refractivity contribution in [3.05, 3.63) is 57.8 Å². The van der Waals surface area contributed by atoms with Gasteiger partial charge in [0.15, 0.2) is 0 Å². The van der Waals surface area contributed by atoms with Gasteiger partial charge in [0, 0.05) is 32.7 Å². The van der Waals surface area contributed by atoms with Gasteiger partial charge >= 0.3 is 0 Å². The third-order valence-electron chi connectivity index (χ3n) is 5.02. The van der Waals surface area contributed by atoms with Crippen molar-refractivity contribution in [2.45, 2.75) is 31.8 Å². The lowest BCUT2D eigenvalue weighted by Gasteiger charge is -2.36. The number of benzene rings is 1. The number of likely N-dealkylation sites (tertiary alicyclic amines) is 1. The molecule has 148 valence electrons. The lowest BCUT2D eigenvalue weighted by Crippen LogP contribution is -2.52. The minimum atomic E-state index is -0.418. The number of hydrogen-bond donors (Lipinski definition) is 1. The summed E-state index contributed by atoms with van der Waals surface area (Å²) in [5.41, 5.74) is 1.52. The maximum absolute atomic E-state index is 13.1. The summed E-state index contributed by atoms with van der Waals surface area (Å²) < 4.78 is 0. The maximum atomic E-state index is 13.1. The normalized spacial score (nSPS) is 16.5. The fraction of sp³-hybridized carbons (Fsp3) is 0.381. The Morgan fingerprint density at radius 3 is 2.57 bits per heavy atom. The van der Waals surface area contributed by atoms with Crippen LogP contribution in [0.3, 0.4) is 0 Å². The van der Waals surface area contributed by atoms with Crippen molar-refractivity contribution in [2.24, 2.45) is 0 Å². The molecule has 7 heteroatoms. The second-order valence-corrected chi connectivity index (χ2v) is 7.91. The Morgan fingerprint density at radius 1 is 1.18 bits per heavy atom. The average Bonchev–Trinajstić information content (AvgIpc) is 3.27. The number of rotatable bonds is 5. The molecule has 0 bridgehead atoms. The van der Waals surface area contributed by atoms with Crippen molar-refractivity contribution < 1.29 is 14.4 Å². The topological polar surface area (TPSA) is 69.7 Å². The number of carbonyl (C=O) groups excluding carboxylic acids is 3. The molecule has 1 saturated heterocycles. The molecule has 0 radical (unpaired) electrons. The van der Waals surface area contributed by atoms with E-state index in [0.29, 0.717) is 30.0 Å². The zero-order valence-corrected chi connectivity index (χ0v) is 17.0. The highest BCUT2D eigenvalue weighted by Crippen LogP contribution is 2.23. The lowest BCUT2D eigenvalue weighted by molar-refractivity contribution is -0.136. The molecule has 1 fully saturated rings. The molecular formula is C21H25N3O3S. The highest BCUT2D eigenvalue weighted by molar-refractivity contribution is 7.12. The molecule has 1 unspecified atom stereocenters. The molecule has 1 atom stereocenters. The number of hydrogen-bond acceptors (Lipinski definition) is 4. The van der Waals surface area contributed by atoms with Gasteiger partial charge in [0.2, 0.25) is 5.91 Å². The van der Waals surface area contributed by atoms with E-state index in [-0.39, 0.29) is 17.7 Å². The summed E-state index contributed by atoms with van der Waals surface area (Å²) in [5.74, 6) is -0.239. The van der Waals surface area contributed by atoms with E-state index in [0.717, 1.165) is 18.4 Å². The third kappa shape index (κ3) is 4.42. The second-order valence-electron chi connectivity index (χ2n) is 6.96. The number of amides is 3. The second kappa shape index (κ2) is 9.01. The fourth-order valence-corrected chi connectivity index (χ4v) is 4.16. The van der Waals surface area contributed by atoms with Crippen LogP contribution in [0, 0.1) is 0 Å². The first kappa shape index (κ1) is 20.1. The van der Waals surface area contributed by atoms with Gasteiger partial charge in [-0.25, -0.2) is 0 Å². The van der Waals surface area contributed by atoms with E-state index < -0.39 is 6.04 Å². The molecule has 1 N–H and O–H groups in total. The van der Waals surface area contributed by atoms with Gasteiger partial charge in [-0.1, -0.05) is 18.2 Å². The van der Waals surface area contributed by atoms with E-state index in [1.54, 1.807) is 42.1 Å². The molecule has 6 nitrogen and oxygen atoms in total. The zero-order chi connectivity index (χ0) is 20.1. The molecule has 1 aliphatic rings. The van der Waals surface area contributed by atoms with Crippen LogP contribution in [-0.4, -0.2) is 54.2 Å². The van der Waals surface area contributed by atoms with E-state index in [9.17, 15) is 14.4 Å². The summed E-state index contributed by atoms with van der Waals surface area (Å²) in [5, 5.41) is 4.47. The molecule has 0 spiro atoms. The Bertz CT molecular complexity index is 833. The summed E-state index contributed by atoms with van der Waals surface area (Å²) in [7, 11) is 3.35. The quantitative estimate of drug-likeness (QED) is 0.841. The van der Waals surface area contributed by atoms with Crippen LogP contribution >= 0.6 is 11.3 Å². The summed E-state index contributed by atoms with van der Waals surface area (Å²) in [6.07, 6.45) is 2.56. The van der Waals surface area contributed by atoms with Gasteiger partial charge in [-0.05, 0) is 48.4 Å². The number of nitrogens with zero attached hydrogens (tertiary/aromatic N) is 2. The van der Waals surface area contributed by atoms with Crippen molar-refractivity contribution in [1.29, 1.82) is 0 Å². The Hall–Kier alpha value is -2.67. The monoisotopic (exact) mass is 399 g/mol. The highest BCUT2D eigenvalue weighted by atomic mass is 32.1. The molecule has 1 aliphatic heterocycles. The molecule has 3 amide bonds. The van der Waals surface area contributed by atoms with Crippen molar-refractivity contribution in [3.8, 4) is 0 Å². The van der Waals surface area contributed by atoms with Crippen LogP contribution in [-0.2, 0) is 11.3 Å². The predicted molar refractivity (Wildman–Crippen MR) is 109 cm³/mol. The lowest BCUT2D eigenvalue weighted by atomic mass is 10.00. The van der Waals surface area contributed by atoms with E-state index in [1.165, 1.54) is 11.3 Å². The first-order chi connectivity index (χ1) is 13.5. The molecule has 3 rings (SSSR count). The van der Waals surface area contributed by atoms with Crippen molar-refractivity contribution in [1.82, 2.24) is 15.1 Å². The minimum absolute atomic E-state index is 0.0417. The summed E-state index contributed by atoms with van der Waals surface area (Å²) >= 11 is 1.41. The smallest absolute Gasteiger partial charge is 0.264 e. The van der Waals surface area contributed by atoms with Crippen molar-refractivity contribution in [3.63, 3.8) is 0 Å². The maximum Gasteiger partial charge on any atom is 0.264 e. The molecule has 0 saturated carbocycles. The zero-order valence-electron chi connectivity index (χ0n) is 16.2. The first-order valence-electron chi connectivity index (χ1n) is 9.41. The van der Waals surface area contributed by atoms with Crippen molar-refractivity contribution in [2.75, 3.05) is 20.6 Å². The predicted octanol–water partition coefficient (Wildman–Crippen LogP) is 2.76. The standard InChI is InChI=1S/C21H25N3O3S/c1-22-19(25)16-10-8-15(9-11-16)14-23(2)20(26)17-6-3-4-12-24(17)21(27)18-7-5-13-28-18/h5,7-11,13,17H,3-4,6,12,14H2,1-2H3,(H,22,25). The first-order valence-corrected chi connectivity index (χ1v) is 10.3. The van der Waals surface area contributed by atoms with Crippen LogP contribution in [0.4, 0.5) is 0 Å². The van der Waals surface area contributed by atoms with Gasteiger partial charge in [0.1, 0.15) is 6.04 Å². The van der Waals surface area contributed by atoms with E-state index in [1.807, 2.05) is 23.6 Å². The van der Waals surface area contributed by atoms with Crippen LogP contribution in [0.25, 0.3) is 0 Å². The molecule has 1 aromatic heterocycles. The average molecular weight is 400 g/mol. The molecule has 0 aliphatic carbocycles. The van der Waals surface area contributed by atoms with E-state index in [4.69, 9.17) is 0 Å². The summed E-state index contributed by atoms with van der Waals surface area (Å²) in [6, 6.07) is 10.4. The summed E-state index contributed by atoms with van der Waals surface area (Å²) in [4.78, 5) is 41.6. The van der Waals surface area contributed by atoms with Crippen molar-refractivity contribution >= 4 is 29.1 Å². The molecular weight excluding hydrogens is 374 g/mol. The number of carbonyl (C=O) groups is 3. The van der Waals surface area contributed by atoms with Crippen LogP contribution in [0.2, 0.25) is 0 Å². The fourth-order valence-electron chi connectivity index (χ4n) is 3.49. The molecule has 1 aromatic carbocycles. The van der Waals surface area contributed by atoms with Crippen LogP contribution in [0.1, 0.15) is 44.9 Å². The number of likely N-dealkylation sites (N-methyl/N-ethyl adjacent to an activating group) is 1. The van der Waals surface area contributed by atoms with Gasteiger partial charge < -0.3 is 15.1 Å². The van der Waals surface area contributed by atoms with Crippen LogP contribution < -0.4 is 5.32 Å². The highest BCUT2D eigenvalue weighted by Gasteiger charge is 2.34. The van der Waals surface area contributed by atoms with Gasteiger partial charge in [-0.15, -0.1) is 11.3 Å². The summed E-state index contributed by atoms with van der Waals surface area (Å²) in [6.45, 7) is 1.05. The van der Waals surface area contributed by atoms with E-state index >= 15 is 0 Å². The Balaban J connectivity index is 1.68. The van der Waals surface area contributed by atoms with Gasteiger partial charge in [-0.3, -0.25) is 14.4 Å². The Labute approximate surface area is 169 Å². The van der Waals surface area contributed by atoms with Gasteiger partial charge in [0.05, 0.1) is 4.88 Å². The molecule has 2 aromatic rings. The largest absolute Gasteiger partial charge is 0.355 e. The van der Waals surface area contributed by atoms with Crippen LogP contribution in [0.15, 0.2) is 41.8 Å². The number of nitrogens with one attached hydrogen (secondary N) is 1. The minimum Gasteiger partial charge on any atom is -0.355 e. The Kier molecular flexibility index (Phi) is 6.46. The molecule has 28 heavy (non-hydrogen) atoms. The van der Waals surface area contributed by atoms with E-state index in [2.05, 4.69) is 5.32 Å².